The van der Waals surface area contributed by atoms with E-state index in [9.17, 15) is 4.79 Å². The van der Waals surface area contributed by atoms with E-state index in [0.717, 1.165) is 9.35 Å². The molecule has 2 rings (SSSR count). The van der Waals surface area contributed by atoms with Crippen LogP contribution in [0, 0.1) is 0 Å². The van der Waals surface area contributed by atoms with Crippen LogP contribution in [0.5, 0.6) is 5.88 Å². The Morgan fingerprint density at radius 1 is 1.56 bits per heavy atom. The number of halogens is 1. The van der Waals surface area contributed by atoms with Crippen molar-refractivity contribution in [2.24, 2.45) is 0 Å². The highest BCUT2D eigenvalue weighted by molar-refractivity contribution is 9.10. The summed E-state index contributed by atoms with van der Waals surface area (Å²) < 4.78 is 7.38. The maximum Gasteiger partial charge on any atom is 0.267 e. The maximum atomic E-state index is 11.5. The minimum atomic E-state index is -0.134. The summed E-state index contributed by atoms with van der Waals surface area (Å²) >= 11 is 4.95. The van der Waals surface area contributed by atoms with Crippen LogP contribution in [0.4, 0.5) is 0 Å². The summed E-state index contributed by atoms with van der Waals surface area (Å²) in [6.45, 7) is 0.465. The van der Waals surface area contributed by atoms with Gasteiger partial charge in [-0.25, -0.2) is 4.68 Å². The highest BCUT2D eigenvalue weighted by Crippen LogP contribution is 2.20. The quantitative estimate of drug-likeness (QED) is 0.872. The average molecular weight is 301 g/mol. The molecule has 0 saturated carbocycles. The summed E-state index contributed by atoms with van der Waals surface area (Å²) in [6, 6.07) is 4.98. The van der Waals surface area contributed by atoms with Crippen LogP contribution >= 0.6 is 27.3 Å². The predicted molar refractivity (Wildman–Crippen MR) is 66.2 cm³/mol. The Balaban J connectivity index is 2.30. The van der Waals surface area contributed by atoms with Gasteiger partial charge in [-0.15, -0.1) is 16.4 Å². The van der Waals surface area contributed by atoms with E-state index in [1.807, 2.05) is 11.4 Å². The van der Waals surface area contributed by atoms with Gasteiger partial charge in [0.25, 0.3) is 5.56 Å². The van der Waals surface area contributed by atoms with Gasteiger partial charge in [-0.3, -0.25) is 4.79 Å². The molecule has 6 heteroatoms. The number of rotatable bonds is 3. The van der Waals surface area contributed by atoms with Crippen molar-refractivity contribution in [1.29, 1.82) is 0 Å². The zero-order chi connectivity index (χ0) is 11.5. The molecule has 0 spiro atoms. The summed E-state index contributed by atoms with van der Waals surface area (Å²) in [6.07, 6.45) is 0. The van der Waals surface area contributed by atoms with Crippen molar-refractivity contribution in [3.05, 3.63) is 43.3 Å². The van der Waals surface area contributed by atoms with Crippen LogP contribution < -0.4 is 10.3 Å². The Morgan fingerprint density at radius 2 is 2.38 bits per heavy atom. The van der Waals surface area contributed by atoms with Crippen molar-refractivity contribution >= 4 is 27.3 Å². The summed E-state index contributed by atoms with van der Waals surface area (Å²) in [5, 5.41) is 6.04. The van der Waals surface area contributed by atoms with E-state index in [1.54, 1.807) is 17.4 Å². The zero-order valence-corrected chi connectivity index (χ0v) is 10.9. The molecule has 2 heterocycles. The second kappa shape index (κ2) is 4.80. The summed E-state index contributed by atoms with van der Waals surface area (Å²) in [7, 11) is 1.53. The number of thiophene rings is 1. The topological polar surface area (TPSA) is 44.1 Å². The molecule has 2 aromatic heterocycles. The predicted octanol–water partition coefficient (Wildman–Crippen LogP) is 2.12. The molecular weight excluding hydrogens is 292 g/mol. The van der Waals surface area contributed by atoms with Crippen LogP contribution in [-0.2, 0) is 6.54 Å². The van der Waals surface area contributed by atoms with Crippen LogP contribution in [0.15, 0.2) is 32.8 Å². The van der Waals surface area contributed by atoms with E-state index in [0.29, 0.717) is 12.4 Å². The lowest BCUT2D eigenvalue weighted by atomic mass is 10.4. The highest BCUT2D eigenvalue weighted by atomic mass is 79.9. The van der Waals surface area contributed by atoms with E-state index in [4.69, 9.17) is 4.74 Å². The Labute approximate surface area is 105 Å². The number of hydrogen-bond acceptors (Lipinski definition) is 4. The van der Waals surface area contributed by atoms with Crippen molar-refractivity contribution in [2.45, 2.75) is 6.54 Å². The van der Waals surface area contributed by atoms with Crippen LogP contribution in [0.25, 0.3) is 0 Å². The molecule has 0 aliphatic carbocycles. The fourth-order valence-corrected chi connectivity index (χ4v) is 2.67. The fourth-order valence-electron chi connectivity index (χ4n) is 1.24. The molecule has 0 aromatic carbocycles. The molecule has 0 atom stereocenters. The largest absolute Gasteiger partial charge is 0.480 e. The summed E-state index contributed by atoms with van der Waals surface area (Å²) in [4.78, 5) is 12.6. The Morgan fingerprint density at radius 3 is 3.00 bits per heavy atom. The molecule has 0 radical (unpaired) electrons. The van der Waals surface area contributed by atoms with E-state index in [-0.39, 0.29) is 5.56 Å². The second-order valence-electron chi connectivity index (χ2n) is 3.10. The first-order valence-corrected chi connectivity index (χ1v) is 6.21. The first-order valence-electron chi connectivity index (χ1n) is 4.54. The summed E-state index contributed by atoms with van der Waals surface area (Å²) in [5.74, 6) is 0.440. The van der Waals surface area contributed by atoms with Crippen LogP contribution in [0.1, 0.15) is 4.88 Å². The van der Waals surface area contributed by atoms with Gasteiger partial charge in [0.05, 0.1) is 13.7 Å². The summed E-state index contributed by atoms with van der Waals surface area (Å²) in [5.41, 5.74) is -0.134. The van der Waals surface area contributed by atoms with Gasteiger partial charge in [0, 0.05) is 26.9 Å². The highest BCUT2D eigenvalue weighted by Gasteiger charge is 2.03. The van der Waals surface area contributed by atoms with Gasteiger partial charge in [0.1, 0.15) is 0 Å². The lowest BCUT2D eigenvalue weighted by molar-refractivity contribution is 0.379. The lowest BCUT2D eigenvalue weighted by Gasteiger charge is -2.04. The third-order valence-electron chi connectivity index (χ3n) is 1.98. The van der Waals surface area contributed by atoms with Crippen LogP contribution in [0.2, 0.25) is 0 Å². The first kappa shape index (κ1) is 11.3. The van der Waals surface area contributed by atoms with Crippen LogP contribution in [0.3, 0.4) is 0 Å². The van der Waals surface area contributed by atoms with Gasteiger partial charge in [0.15, 0.2) is 0 Å². The monoisotopic (exact) mass is 300 g/mol. The molecule has 4 nitrogen and oxygen atoms in total. The van der Waals surface area contributed by atoms with E-state index < -0.39 is 0 Å². The number of hydrogen-bond donors (Lipinski definition) is 0. The third kappa shape index (κ3) is 2.51. The molecule has 0 bridgehead atoms. The molecule has 0 amide bonds. The minimum Gasteiger partial charge on any atom is -0.480 e. The van der Waals surface area contributed by atoms with Gasteiger partial charge in [-0.1, -0.05) is 0 Å². The molecule has 0 saturated heterocycles. The zero-order valence-electron chi connectivity index (χ0n) is 8.51. The van der Waals surface area contributed by atoms with Crippen molar-refractivity contribution in [3.8, 4) is 5.88 Å². The van der Waals surface area contributed by atoms with E-state index in [2.05, 4.69) is 21.0 Å². The van der Waals surface area contributed by atoms with Crippen molar-refractivity contribution in [3.63, 3.8) is 0 Å². The van der Waals surface area contributed by atoms with Crippen LogP contribution in [-0.4, -0.2) is 16.9 Å². The number of aromatic nitrogens is 2. The Hall–Kier alpha value is -1.14. The Kier molecular flexibility index (Phi) is 3.40. The molecule has 84 valence electrons. The van der Waals surface area contributed by atoms with Gasteiger partial charge in [-0.05, 0) is 22.0 Å². The van der Waals surface area contributed by atoms with E-state index >= 15 is 0 Å². The van der Waals surface area contributed by atoms with Gasteiger partial charge in [0.2, 0.25) is 5.88 Å². The number of methoxy groups -OCH3 is 1. The standard InChI is InChI=1S/C10H9BrN2O2S/c1-15-9-2-3-10(14)13(12-9)5-8-4-7(11)6-16-8/h2-4,6H,5H2,1H3. The maximum absolute atomic E-state index is 11.5. The van der Waals surface area contributed by atoms with Gasteiger partial charge < -0.3 is 4.74 Å². The van der Waals surface area contributed by atoms with Gasteiger partial charge >= 0.3 is 0 Å². The van der Waals surface area contributed by atoms with E-state index in [1.165, 1.54) is 17.9 Å². The van der Waals surface area contributed by atoms with Crippen molar-refractivity contribution in [2.75, 3.05) is 7.11 Å². The third-order valence-corrected chi connectivity index (χ3v) is 3.66. The molecular formula is C10H9BrN2O2S. The molecule has 0 N–H and O–H groups in total. The minimum absolute atomic E-state index is 0.134. The van der Waals surface area contributed by atoms with Crippen molar-refractivity contribution in [1.82, 2.24) is 9.78 Å². The molecule has 0 aliphatic rings. The molecule has 16 heavy (non-hydrogen) atoms. The van der Waals surface area contributed by atoms with Crippen molar-refractivity contribution < 1.29 is 4.74 Å². The number of ether oxygens (including phenoxy) is 1. The smallest absolute Gasteiger partial charge is 0.267 e. The Bertz CT molecular complexity index is 550. The normalized spacial score (nSPS) is 10.4. The molecule has 2 aromatic rings. The second-order valence-corrected chi connectivity index (χ2v) is 5.01. The fraction of sp³-hybridized carbons (Fsp3) is 0.200. The number of nitrogens with zero attached hydrogens (tertiary/aromatic N) is 2. The molecule has 0 aliphatic heterocycles. The average Bonchev–Trinajstić information content (AvgIpc) is 2.67. The first-order chi connectivity index (χ1) is 7.69. The SMILES string of the molecule is COc1ccc(=O)n(Cc2cc(Br)cs2)n1. The van der Waals surface area contributed by atoms with Gasteiger partial charge in [-0.2, -0.15) is 0 Å². The molecule has 0 unspecified atom stereocenters. The lowest BCUT2D eigenvalue weighted by Crippen LogP contribution is -2.22. The molecule has 0 fully saturated rings.